The van der Waals surface area contributed by atoms with Crippen molar-refractivity contribution in [2.75, 3.05) is 13.2 Å². The number of hydrogen-bond donors (Lipinski definition) is 0. The SMILES string of the molecule is CC(C)(C)ON(C=O)CCOc1cc(-c2ccc(Cl)c(Cl)c2)on1. The lowest BCUT2D eigenvalue weighted by molar-refractivity contribution is -0.217. The van der Waals surface area contributed by atoms with Crippen LogP contribution in [0, 0.1) is 0 Å². The monoisotopic (exact) mass is 372 g/mol. The lowest BCUT2D eigenvalue weighted by Gasteiger charge is -2.26. The fourth-order valence-electron chi connectivity index (χ4n) is 1.82. The predicted molar refractivity (Wildman–Crippen MR) is 91.1 cm³/mol. The number of ether oxygens (including phenoxy) is 1. The Morgan fingerprint density at radius 3 is 2.62 bits per heavy atom. The molecule has 24 heavy (non-hydrogen) atoms. The molecule has 0 atom stereocenters. The molecule has 2 rings (SSSR count). The van der Waals surface area contributed by atoms with Gasteiger partial charge in [0.2, 0.25) is 6.41 Å². The number of rotatable bonds is 7. The summed E-state index contributed by atoms with van der Waals surface area (Å²) in [6.07, 6.45) is 0.610. The van der Waals surface area contributed by atoms with Gasteiger partial charge in [0.05, 0.1) is 22.2 Å². The molecule has 130 valence electrons. The lowest BCUT2D eigenvalue weighted by Crippen LogP contribution is -2.35. The zero-order chi connectivity index (χ0) is 17.7. The second kappa shape index (κ2) is 7.88. The van der Waals surface area contributed by atoms with Gasteiger partial charge in [-0.1, -0.05) is 23.2 Å². The zero-order valence-electron chi connectivity index (χ0n) is 13.6. The average molecular weight is 373 g/mol. The van der Waals surface area contributed by atoms with Crippen molar-refractivity contribution in [3.05, 3.63) is 34.3 Å². The van der Waals surface area contributed by atoms with Gasteiger partial charge < -0.3 is 9.26 Å². The van der Waals surface area contributed by atoms with E-state index in [0.717, 1.165) is 5.56 Å². The molecule has 1 aromatic carbocycles. The fraction of sp³-hybridized carbons (Fsp3) is 0.375. The minimum atomic E-state index is -0.462. The summed E-state index contributed by atoms with van der Waals surface area (Å²) in [6.45, 7) is 6.03. The quantitative estimate of drug-likeness (QED) is 0.537. The van der Waals surface area contributed by atoms with Crippen LogP contribution < -0.4 is 4.74 Å². The molecule has 0 saturated heterocycles. The summed E-state index contributed by atoms with van der Waals surface area (Å²) in [5.41, 5.74) is 0.271. The van der Waals surface area contributed by atoms with E-state index in [1.54, 1.807) is 24.3 Å². The molecule has 0 spiro atoms. The molecule has 8 heteroatoms. The highest BCUT2D eigenvalue weighted by molar-refractivity contribution is 6.42. The van der Waals surface area contributed by atoms with Crippen LogP contribution in [-0.4, -0.2) is 35.4 Å². The van der Waals surface area contributed by atoms with Gasteiger partial charge >= 0.3 is 0 Å². The maximum Gasteiger partial charge on any atom is 0.254 e. The number of hydrogen-bond acceptors (Lipinski definition) is 5. The topological polar surface area (TPSA) is 64.8 Å². The van der Waals surface area contributed by atoms with Crippen LogP contribution in [0.5, 0.6) is 5.88 Å². The molecule has 0 aliphatic carbocycles. The number of carbonyl (C=O) groups is 1. The largest absolute Gasteiger partial charge is 0.474 e. The zero-order valence-corrected chi connectivity index (χ0v) is 15.1. The summed E-state index contributed by atoms with van der Waals surface area (Å²) in [5.74, 6) is 0.805. The van der Waals surface area contributed by atoms with Gasteiger partial charge in [0.15, 0.2) is 5.76 Å². The third kappa shape index (κ3) is 5.40. The van der Waals surface area contributed by atoms with Crippen LogP contribution in [0.4, 0.5) is 0 Å². The molecule has 1 heterocycles. The van der Waals surface area contributed by atoms with E-state index in [-0.39, 0.29) is 13.2 Å². The Balaban J connectivity index is 1.92. The van der Waals surface area contributed by atoms with Crippen molar-refractivity contribution >= 4 is 29.6 Å². The molecule has 0 N–H and O–H groups in total. The Hall–Kier alpha value is -1.76. The van der Waals surface area contributed by atoms with Gasteiger partial charge in [-0.15, -0.1) is 0 Å². The molecule has 6 nitrogen and oxygen atoms in total. The predicted octanol–water partition coefficient (Wildman–Crippen LogP) is 4.22. The highest BCUT2D eigenvalue weighted by Crippen LogP contribution is 2.30. The van der Waals surface area contributed by atoms with E-state index in [2.05, 4.69) is 5.16 Å². The first-order valence-corrected chi connectivity index (χ1v) is 8.00. The van der Waals surface area contributed by atoms with E-state index in [0.29, 0.717) is 28.1 Å². The highest BCUT2D eigenvalue weighted by atomic mass is 35.5. The number of amides is 1. The summed E-state index contributed by atoms with van der Waals surface area (Å²) in [5, 5.41) is 5.89. The Labute approximate surface area is 150 Å². The number of hydroxylamine groups is 2. The second-order valence-electron chi connectivity index (χ2n) is 5.96. The van der Waals surface area contributed by atoms with Crippen molar-refractivity contribution in [2.24, 2.45) is 0 Å². The normalized spacial score (nSPS) is 11.4. The van der Waals surface area contributed by atoms with Gasteiger partial charge in [0, 0.05) is 11.6 Å². The van der Waals surface area contributed by atoms with Crippen LogP contribution in [0.2, 0.25) is 10.0 Å². The third-order valence-corrected chi connectivity index (χ3v) is 3.50. The Morgan fingerprint density at radius 1 is 1.25 bits per heavy atom. The van der Waals surface area contributed by atoms with Gasteiger partial charge in [0.25, 0.3) is 5.88 Å². The van der Waals surface area contributed by atoms with E-state index in [1.165, 1.54) is 5.06 Å². The number of halogens is 2. The van der Waals surface area contributed by atoms with E-state index >= 15 is 0 Å². The summed E-state index contributed by atoms with van der Waals surface area (Å²) < 4.78 is 10.7. The molecule has 0 fully saturated rings. The smallest absolute Gasteiger partial charge is 0.254 e. The van der Waals surface area contributed by atoms with E-state index < -0.39 is 5.60 Å². The van der Waals surface area contributed by atoms with Crippen molar-refractivity contribution in [3.8, 4) is 17.2 Å². The molecule has 1 aromatic heterocycles. The van der Waals surface area contributed by atoms with Crippen molar-refractivity contribution < 1.29 is 18.9 Å². The van der Waals surface area contributed by atoms with Gasteiger partial charge in [0.1, 0.15) is 6.61 Å². The van der Waals surface area contributed by atoms with Gasteiger partial charge in [-0.3, -0.25) is 9.63 Å². The third-order valence-electron chi connectivity index (χ3n) is 2.76. The Bertz CT molecular complexity index is 698. The average Bonchev–Trinajstić information content (AvgIpc) is 2.96. The number of aromatic nitrogens is 1. The summed E-state index contributed by atoms with van der Waals surface area (Å²) >= 11 is 11.9. The van der Waals surface area contributed by atoms with Crippen LogP contribution in [-0.2, 0) is 9.63 Å². The maximum atomic E-state index is 11.0. The van der Waals surface area contributed by atoms with Crippen LogP contribution in [0.3, 0.4) is 0 Å². The number of benzene rings is 1. The fourth-order valence-corrected chi connectivity index (χ4v) is 2.12. The van der Waals surface area contributed by atoms with E-state index in [4.69, 9.17) is 37.3 Å². The Morgan fingerprint density at radius 2 is 2.00 bits per heavy atom. The standard InChI is InChI=1S/C16H18Cl2N2O4/c1-16(2,3)24-20(10-21)6-7-22-15-9-14(23-19-15)11-4-5-12(17)13(18)8-11/h4-5,8-10H,6-7H2,1-3H3. The summed E-state index contributed by atoms with van der Waals surface area (Å²) in [6, 6.07) is 6.76. The van der Waals surface area contributed by atoms with Crippen molar-refractivity contribution in [1.82, 2.24) is 10.2 Å². The Kier molecular flexibility index (Phi) is 6.10. The van der Waals surface area contributed by atoms with Gasteiger partial charge in [-0.2, -0.15) is 0 Å². The van der Waals surface area contributed by atoms with Gasteiger partial charge in [-0.25, -0.2) is 5.06 Å². The minimum Gasteiger partial charge on any atom is -0.474 e. The first kappa shape index (κ1) is 18.6. The molecule has 1 amide bonds. The van der Waals surface area contributed by atoms with Crippen molar-refractivity contribution in [2.45, 2.75) is 26.4 Å². The van der Waals surface area contributed by atoms with Crippen LogP contribution in [0.25, 0.3) is 11.3 Å². The van der Waals surface area contributed by atoms with Crippen LogP contribution in [0.1, 0.15) is 20.8 Å². The molecule has 0 unspecified atom stereocenters. The summed E-state index contributed by atoms with van der Waals surface area (Å²) in [7, 11) is 0. The molecular formula is C16H18Cl2N2O4. The highest BCUT2D eigenvalue weighted by Gasteiger charge is 2.16. The van der Waals surface area contributed by atoms with Gasteiger partial charge in [-0.05, 0) is 44.1 Å². The molecule has 0 aliphatic heterocycles. The van der Waals surface area contributed by atoms with E-state index in [1.807, 2.05) is 20.8 Å². The first-order chi connectivity index (χ1) is 11.3. The molecular weight excluding hydrogens is 355 g/mol. The maximum absolute atomic E-state index is 11.0. The second-order valence-corrected chi connectivity index (χ2v) is 6.77. The molecule has 0 radical (unpaired) electrons. The first-order valence-electron chi connectivity index (χ1n) is 7.24. The summed E-state index contributed by atoms with van der Waals surface area (Å²) in [4.78, 5) is 16.4. The number of carbonyl (C=O) groups excluding carboxylic acids is 1. The molecule has 0 saturated carbocycles. The van der Waals surface area contributed by atoms with E-state index in [9.17, 15) is 4.79 Å². The molecule has 0 aliphatic rings. The number of nitrogens with zero attached hydrogens (tertiary/aromatic N) is 2. The lowest BCUT2D eigenvalue weighted by atomic mass is 10.2. The minimum absolute atomic E-state index is 0.210. The van der Waals surface area contributed by atoms with Crippen molar-refractivity contribution in [3.63, 3.8) is 0 Å². The van der Waals surface area contributed by atoms with Crippen LogP contribution >= 0.6 is 23.2 Å². The molecule has 0 bridgehead atoms. The van der Waals surface area contributed by atoms with Crippen LogP contribution in [0.15, 0.2) is 28.8 Å². The van der Waals surface area contributed by atoms with Crippen molar-refractivity contribution in [1.29, 1.82) is 0 Å². The molecule has 2 aromatic rings.